The highest BCUT2D eigenvalue weighted by molar-refractivity contribution is 6.00. The number of fused-ring (bicyclic) bond motifs is 1. The van der Waals surface area contributed by atoms with Gasteiger partial charge in [0.25, 0.3) is 5.91 Å². The van der Waals surface area contributed by atoms with Crippen molar-refractivity contribution in [1.82, 2.24) is 14.9 Å². The first-order valence-corrected chi connectivity index (χ1v) is 8.36. The number of halogens is 2. The molecule has 0 saturated carbocycles. The van der Waals surface area contributed by atoms with E-state index in [0.29, 0.717) is 42.5 Å². The van der Waals surface area contributed by atoms with Crippen LogP contribution >= 0.6 is 0 Å². The molecule has 1 aromatic heterocycles. The van der Waals surface area contributed by atoms with Gasteiger partial charge in [0.1, 0.15) is 24.8 Å². The molecule has 0 spiro atoms. The van der Waals surface area contributed by atoms with Crippen LogP contribution in [0.2, 0.25) is 0 Å². The maximum Gasteiger partial charge on any atom is 0.257 e. The van der Waals surface area contributed by atoms with Gasteiger partial charge in [0, 0.05) is 25.9 Å². The molecule has 1 aliphatic rings. The quantitative estimate of drug-likeness (QED) is 0.862. The van der Waals surface area contributed by atoms with Gasteiger partial charge in [0.2, 0.25) is 5.91 Å². The van der Waals surface area contributed by atoms with E-state index < -0.39 is 17.5 Å². The van der Waals surface area contributed by atoms with E-state index in [1.54, 1.807) is 0 Å². The van der Waals surface area contributed by atoms with Crippen molar-refractivity contribution in [3.63, 3.8) is 0 Å². The van der Waals surface area contributed by atoms with Crippen LogP contribution in [0.5, 0.6) is 0 Å². The number of amides is 2. The van der Waals surface area contributed by atoms with E-state index in [1.807, 2.05) is 0 Å². The van der Waals surface area contributed by atoms with E-state index in [0.717, 1.165) is 12.1 Å². The summed E-state index contributed by atoms with van der Waals surface area (Å²) in [4.78, 5) is 34.7. The second kappa shape index (κ2) is 8.17. The minimum atomic E-state index is -0.880. The normalized spacial score (nSPS) is 13.9. The van der Waals surface area contributed by atoms with E-state index in [-0.39, 0.29) is 24.7 Å². The Morgan fingerprint density at radius 1 is 1.37 bits per heavy atom. The van der Waals surface area contributed by atoms with Gasteiger partial charge in [-0.25, -0.2) is 18.7 Å². The molecule has 0 radical (unpaired) electrons. The molecular weight excluding hydrogens is 358 g/mol. The molecule has 3 rings (SSSR count). The van der Waals surface area contributed by atoms with Gasteiger partial charge in [-0.2, -0.15) is 0 Å². The second-order valence-electron chi connectivity index (χ2n) is 6.08. The molecule has 0 atom stereocenters. The summed E-state index contributed by atoms with van der Waals surface area (Å²) in [6.07, 6.45) is 2.64. The highest BCUT2D eigenvalue weighted by atomic mass is 19.1. The van der Waals surface area contributed by atoms with Crippen LogP contribution in [-0.4, -0.2) is 46.9 Å². The maximum absolute atomic E-state index is 13.7. The number of anilines is 1. The third kappa shape index (κ3) is 4.43. The predicted molar refractivity (Wildman–Crippen MR) is 92.0 cm³/mol. The lowest BCUT2D eigenvalue weighted by Gasteiger charge is -2.20. The average molecular weight is 376 g/mol. The third-order valence-electron chi connectivity index (χ3n) is 4.09. The predicted octanol–water partition coefficient (Wildman–Crippen LogP) is 1.93. The van der Waals surface area contributed by atoms with Gasteiger partial charge in [-0.15, -0.1) is 0 Å². The molecule has 0 unspecified atom stereocenters. The van der Waals surface area contributed by atoms with Crippen LogP contribution in [-0.2, 0) is 22.6 Å². The zero-order valence-corrected chi connectivity index (χ0v) is 14.7. The molecule has 2 amide bonds. The van der Waals surface area contributed by atoms with Gasteiger partial charge in [-0.1, -0.05) is 0 Å². The Balaban J connectivity index is 1.71. The maximum atomic E-state index is 13.7. The molecule has 9 heteroatoms. The third-order valence-corrected chi connectivity index (χ3v) is 4.09. The van der Waals surface area contributed by atoms with Crippen LogP contribution in [0, 0.1) is 11.6 Å². The average Bonchev–Trinajstić information content (AvgIpc) is 2.77. The number of hydrogen-bond acceptors (Lipinski definition) is 5. The number of ether oxygens (including phenoxy) is 1. The smallest absolute Gasteiger partial charge is 0.257 e. The molecule has 142 valence electrons. The molecule has 0 saturated heterocycles. The fraction of sp³-hybridized carbons (Fsp3) is 0.333. The topological polar surface area (TPSA) is 84.4 Å². The van der Waals surface area contributed by atoms with Crippen LogP contribution < -0.4 is 5.32 Å². The van der Waals surface area contributed by atoms with Crippen molar-refractivity contribution in [3.05, 3.63) is 53.1 Å². The zero-order valence-electron chi connectivity index (χ0n) is 14.7. The van der Waals surface area contributed by atoms with Gasteiger partial charge in [-0.3, -0.25) is 9.59 Å². The van der Waals surface area contributed by atoms with Crippen LogP contribution in [0.25, 0.3) is 0 Å². The van der Waals surface area contributed by atoms with E-state index in [9.17, 15) is 18.4 Å². The van der Waals surface area contributed by atoms with Gasteiger partial charge < -0.3 is 15.0 Å². The summed E-state index contributed by atoms with van der Waals surface area (Å²) in [6, 6.07) is 2.85. The van der Waals surface area contributed by atoms with Crippen molar-refractivity contribution in [2.45, 2.75) is 19.4 Å². The molecule has 0 bridgehead atoms. The van der Waals surface area contributed by atoms with E-state index in [2.05, 4.69) is 15.3 Å². The van der Waals surface area contributed by atoms with E-state index in [4.69, 9.17) is 4.74 Å². The van der Waals surface area contributed by atoms with Gasteiger partial charge in [-0.05, 0) is 25.0 Å². The van der Waals surface area contributed by atoms with Crippen LogP contribution in [0.1, 0.15) is 28.3 Å². The van der Waals surface area contributed by atoms with E-state index >= 15 is 0 Å². The summed E-state index contributed by atoms with van der Waals surface area (Å²) < 4.78 is 31.6. The number of hydrogen-bond donors (Lipinski definition) is 1. The minimum absolute atomic E-state index is 0.142. The first-order valence-electron chi connectivity index (χ1n) is 8.36. The lowest BCUT2D eigenvalue weighted by molar-refractivity contribution is -0.116. The Labute approximate surface area is 154 Å². The number of rotatable bonds is 5. The Hall–Kier alpha value is -2.94. The molecule has 27 heavy (non-hydrogen) atoms. The summed E-state index contributed by atoms with van der Waals surface area (Å²) >= 11 is 0. The lowest BCUT2D eigenvalue weighted by atomic mass is 10.1. The molecular formula is C18H18F2N4O3. The van der Waals surface area contributed by atoms with Crippen molar-refractivity contribution in [2.24, 2.45) is 0 Å². The first kappa shape index (κ1) is 18.8. The molecule has 1 N–H and O–H groups in total. The molecule has 2 heterocycles. The molecule has 7 nitrogen and oxygen atoms in total. The summed E-state index contributed by atoms with van der Waals surface area (Å²) in [6.45, 7) is 0.347. The van der Waals surface area contributed by atoms with Gasteiger partial charge in [0.05, 0.1) is 16.9 Å². The number of nitrogens with one attached hydrogen (secondary N) is 1. The fourth-order valence-electron chi connectivity index (χ4n) is 2.84. The lowest BCUT2D eigenvalue weighted by Crippen LogP contribution is -2.38. The Morgan fingerprint density at radius 3 is 2.93 bits per heavy atom. The summed E-state index contributed by atoms with van der Waals surface area (Å²) in [5.74, 6) is -2.06. The number of carbonyl (C=O) groups excluding carboxylic acids is 2. The summed E-state index contributed by atoms with van der Waals surface area (Å²) in [5.41, 5.74) is 0.819. The zero-order chi connectivity index (χ0) is 19.4. The number of carbonyl (C=O) groups is 2. The van der Waals surface area contributed by atoms with Crippen molar-refractivity contribution in [2.75, 3.05) is 25.5 Å². The molecule has 2 aromatic rings. The van der Waals surface area contributed by atoms with Crippen LogP contribution in [0.3, 0.4) is 0 Å². The number of benzene rings is 1. The highest BCUT2D eigenvalue weighted by Gasteiger charge is 2.26. The van der Waals surface area contributed by atoms with Crippen LogP contribution in [0.4, 0.5) is 14.5 Å². The molecule has 1 aliphatic heterocycles. The Bertz CT molecular complexity index is 876. The summed E-state index contributed by atoms with van der Waals surface area (Å²) in [5, 5.41) is 2.35. The minimum Gasteiger partial charge on any atom is -0.377 e. The van der Waals surface area contributed by atoms with Crippen molar-refractivity contribution < 1.29 is 23.1 Å². The van der Waals surface area contributed by atoms with Gasteiger partial charge >= 0.3 is 0 Å². The molecule has 0 aliphatic carbocycles. The number of aromatic nitrogens is 2. The van der Waals surface area contributed by atoms with Crippen LogP contribution in [0.15, 0.2) is 24.4 Å². The fourth-order valence-corrected chi connectivity index (χ4v) is 2.84. The Kier molecular flexibility index (Phi) is 5.70. The standard InChI is InChI=1S/C18H18F2N4O3/c1-27-10-16-21-8-12-14(22-16)3-2-6-24(18(12)26)9-17(25)23-15-5-4-11(19)7-13(15)20/h4-5,7-8H,2-3,6,9-10H2,1H3,(H,23,25). The second-order valence-corrected chi connectivity index (χ2v) is 6.08. The summed E-state index contributed by atoms with van der Waals surface area (Å²) in [7, 11) is 1.53. The molecule has 0 fully saturated rings. The van der Waals surface area contributed by atoms with Gasteiger partial charge in [0.15, 0.2) is 5.82 Å². The highest BCUT2D eigenvalue weighted by Crippen LogP contribution is 2.18. The number of aryl methyl sites for hydroxylation is 1. The molecule has 1 aromatic carbocycles. The van der Waals surface area contributed by atoms with Crippen molar-refractivity contribution in [3.8, 4) is 0 Å². The monoisotopic (exact) mass is 376 g/mol. The van der Waals surface area contributed by atoms with E-state index in [1.165, 1.54) is 18.2 Å². The first-order chi connectivity index (χ1) is 13.0. The van der Waals surface area contributed by atoms with Crippen molar-refractivity contribution >= 4 is 17.5 Å². The Morgan fingerprint density at radius 2 is 2.19 bits per heavy atom. The number of methoxy groups -OCH3 is 1. The largest absolute Gasteiger partial charge is 0.377 e. The SMILES string of the molecule is COCc1ncc2c(n1)CCCN(CC(=O)Nc1ccc(F)cc1F)C2=O. The van der Waals surface area contributed by atoms with Crippen molar-refractivity contribution in [1.29, 1.82) is 0 Å². The number of nitrogens with zero attached hydrogens (tertiary/aromatic N) is 3.